The predicted octanol–water partition coefficient (Wildman–Crippen LogP) is 4.23. The van der Waals surface area contributed by atoms with Gasteiger partial charge in [-0.05, 0) is 55.2 Å². The Balaban J connectivity index is 1.54. The van der Waals surface area contributed by atoms with E-state index >= 15 is 0 Å². The van der Waals surface area contributed by atoms with Crippen LogP contribution in [0.5, 0.6) is 11.5 Å². The van der Waals surface area contributed by atoms with E-state index in [2.05, 4.69) is 12.1 Å². The maximum atomic E-state index is 13.2. The monoisotopic (exact) mass is 363 g/mol. The third-order valence-corrected chi connectivity index (χ3v) is 6.34. The van der Waals surface area contributed by atoms with E-state index in [-0.39, 0.29) is 11.3 Å². The van der Waals surface area contributed by atoms with Gasteiger partial charge in [-0.3, -0.25) is 4.79 Å². The van der Waals surface area contributed by atoms with E-state index in [0.29, 0.717) is 19.8 Å². The summed E-state index contributed by atoms with van der Waals surface area (Å²) in [5.74, 6) is 1.81. The van der Waals surface area contributed by atoms with Crippen molar-refractivity contribution < 1.29 is 14.3 Å². The first-order valence-corrected chi connectivity index (χ1v) is 9.94. The lowest BCUT2D eigenvalue weighted by molar-refractivity contribution is 0.0669. The van der Waals surface area contributed by atoms with Crippen LogP contribution in [0.25, 0.3) is 0 Å². The molecule has 3 aliphatic rings. The number of benzene rings is 2. The fourth-order valence-corrected chi connectivity index (χ4v) is 4.97. The zero-order valence-electron chi connectivity index (χ0n) is 15.8. The van der Waals surface area contributed by atoms with Crippen LogP contribution in [0.15, 0.2) is 36.4 Å². The van der Waals surface area contributed by atoms with Gasteiger partial charge in [0.25, 0.3) is 5.91 Å². The van der Waals surface area contributed by atoms with E-state index in [0.717, 1.165) is 36.4 Å². The van der Waals surface area contributed by atoms with E-state index in [9.17, 15) is 4.79 Å². The van der Waals surface area contributed by atoms with Crippen LogP contribution in [-0.4, -0.2) is 30.6 Å². The second-order valence-electron chi connectivity index (χ2n) is 8.17. The summed E-state index contributed by atoms with van der Waals surface area (Å²) in [7, 11) is 0. The molecule has 1 aliphatic carbocycles. The summed E-state index contributed by atoms with van der Waals surface area (Å²) < 4.78 is 11.6. The van der Waals surface area contributed by atoms with Crippen LogP contribution in [-0.2, 0) is 12.0 Å². The minimum Gasteiger partial charge on any atom is -0.486 e. The molecule has 5 rings (SSSR count). The molecule has 0 N–H and O–H groups in total. The fraction of sp³-hybridized carbons (Fsp3) is 0.435. The van der Waals surface area contributed by atoms with Crippen molar-refractivity contribution in [2.24, 2.45) is 0 Å². The van der Waals surface area contributed by atoms with Crippen molar-refractivity contribution in [2.75, 3.05) is 19.8 Å². The SMILES string of the molecule is Cc1ccc(C(=O)N2Cc3cc4c(cc3C3(CCCC3)C2)OCCO4)cc1. The molecule has 0 radical (unpaired) electrons. The van der Waals surface area contributed by atoms with Gasteiger partial charge in [0.2, 0.25) is 0 Å². The molecule has 2 heterocycles. The van der Waals surface area contributed by atoms with Gasteiger partial charge in [0.1, 0.15) is 13.2 Å². The zero-order chi connectivity index (χ0) is 18.4. The van der Waals surface area contributed by atoms with Gasteiger partial charge in [-0.25, -0.2) is 0 Å². The lowest BCUT2D eigenvalue weighted by Crippen LogP contribution is -2.46. The van der Waals surface area contributed by atoms with E-state index in [1.54, 1.807) is 0 Å². The van der Waals surface area contributed by atoms with Crippen LogP contribution in [0.3, 0.4) is 0 Å². The number of nitrogens with zero attached hydrogens (tertiary/aromatic N) is 1. The Kier molecular flexibility index (Phi) is 3.88. The fourth-order valence-electron chi connectivity index (χ4n) is 4.97. The third kappa shape index (κ3) is 2.78. The molecule has 1 amide bonds. The van der Waals surface area contributed by atoms with Crippen LogP contribution < -0.4 is 9.47 Å². The van der Waals surface area contributed by atoms with Gasteiger partial charge < -0.3 is 14.4 Å². The number of carbonyl (C=O) groups is 1. The summed E-state index contributed by atoms with van der Waals surface area (Å²) >= 11 is 0. The highest BCUT2D eigenvalue weighted by Gasteiger charge is 2.44. The first-order valence-electron chi connectivity index (χ1n) is 9.94. The molecule has 1 fully saturated rings. The molecule has 1 spiro atoms. The molecule has 4 heteroatoms. The van der Waals surface area contributed by atoms with Gasteiger partial charge >= 0.3 is 0 Å². The quantitative estimate of drug-likeness (QED) is 0.761. The summed E-state index contributed by atoms with van der Waals surface area (Å²) in [5.41, 5.74) is 4.59. The minimum atomic E-state index is 0.0593. The third-order valence-electron chi connectivity index (χ3n) is 6.34. The predicted molar refractivity (Wildman–Crippen MR) is 103 cm³/mol. The van der Waals surface area contributed by atoms with Crippen molar-refractivity contribution in [1.82, 2.24) is 4.90 Å². The highest BCUT2D eigenvalue weighted by Crippen LogP contribution is 2.49. The largest absolute Gasteiger partial charge is 0.486 e. The smallest absolute Gasteiger partial charge is 0.254 e. The van der Waals surface area contributed by atoms with Crippen molar-refractivity contribution >= 4 is 5.91 Å². The second-order valence-corrected chi connectivity index (χ2v) is 8.17. The highest BCUT2D eigenvalue weighted by atomic mass is 16.6. The van der Waals surface area contributed by atoms with E-state index in [1.165, 1.54) is 29.5 Å². The van der Waals surface area contributed by atoms with Gasteiger partial charge in [0.15, 0.2) is 11.5 Å². The Morgan fingerprint density at radius 3 is 2.37 bits per heavy atom. The summed E-state index contributed by atoms with van der Waals surface area (Å²) in [6, 6.07) is 12.2. The van der Waals surface area contributed by atoms with E-state index < -0.39 is 0 Å². The first kappa shape index (κ1) is 16.7. The maximum absolute atomic E-state index is 13.2. The van der Waals surface area contributed by atoms with E-state index in [1.807, 2.05) is 36.1 Å². The summed E-state index contributed by atoms with van der Waals surface area (Å²) in [6.07, 6.45) is 4.72. The molecule has 1 saturated carbocycles. The van der Waals surface area contributed by atoms with Crippen LogP contribution in [0.1, 0.15) is 52.7 Å². The van der Waals surface area contributed by atoms with E-state index in [4.69, 9.17) is 9.47 Å². The molecule has 2 aromatic rings. The molecule has 0 saturated heterocycles. The summed E-state index contributed by atoms with van der Waals surface area (Å²) in [4.78, 5) is 15.3. The Hall–Kier alpha value is -2.49. The molecule has 0 bridgehead atoms. The van der Waals surface area contributed by atoms with Gasteiger partial charge in [-0.1, -0.05) is 30.5 Å². The number of carbonyl (C=O) groups excluding carboxylic acids is 1. The van der Waals surface area contributed by atoms with Crippen molar-refractivity contribution in [3.05, 3.63) is 58.7 Å². The Morgan fingerprint density at radius 2 is 1.67 bits per heavy atom. The molecule has 140 valence electrons. The Morgan fingerprint density at radius 1 is 1.00 bits per heavy atom. The van der Waals surface area contributed by atoms with Crippen LogP contribution in [0.4, 0.5) is 0 Å². The van der Waals surface area contributed by atoms with Crippen molar-refractivity contribution in [3.8, 4) is 11.5 Å². The highest BCUT2D eigenvalue weighted by molar-refractivity contribution is 5.94. The average Bonchev–Trinajstić information content (AvgIpc) is 3.15. The van der Waals surface area contributed by atoms with Crippen LogP contribution >= 0.6 is 0 Å². The average molecular weight is 363 g/mol. The molecule has 2 aromatic carbocycles. The molecule has 0 atom stereocenters. The number of amides is 1. The first-order chi connectivity index (χ1) is 13.1. The minimum absolute atomic E-state index is 0.0593. The number of rotatable bonds is 1. The van der Waals surface area contributed by atoms with Crippen molar-refractivity contribution in [3.63, 3.8) is 0 Å². The topological polar surface area (TPSA) is 38.8 Å². The molecule has 0 aromatic heterocycles. The summed E-state index contributed by atoms with van der Waals surface area (Å²) in [6.45, 7) is 4.68. The molecule has 27 heavy (non-hydrogen) atoms. The van der Waals surface area contributed by atoms with Gasteiger partial charge in [0.05, 0.1) is 0 Å². The molecule has 2 aliphatic heterocycles. The van der Waals surface area contributed by atoms with Crippen molar-refractivity contribution in [1.29, 1.82) is 0 Å². The standard InChI is InChI=1S/C23H25NO3/c1-16-4-6-17(7-5-16)22(25)24-14-18-12-20-21(27-11-10-26-20)13-19(18)23(15-24)8-2-3-9-23/h4-7,12-13H,2-3,8-11,14-15H2,1H3. The maximum Gasteiger partial charge on any atom is 0.254 e. The van der Waals surface area contributed by atoms with Gasteiger partial charge in [-0.2, -0.15) is 0 Å². The normalized spacial score (nSPS) is 19.8. The Labute approximate surface area is 160 Å². The number of hydrogen-bond donors (Lipinski definition) is 0. The number of fused-ring (bicyclic) bond motifs is 3. The van der Waals surface area contributed by atoms with Gasteiger partial charge in [-0.15, -0.1) is 0 Å². The van der Waals surface area contributed by atoms with Crippen molar-refractivity contribution in [2.45, 2.75) is 44.6 Å². The molecule has 0 unspecified atom stereocenters. The lowest BCUT2D eigenvalue weighted by atomic mass is 9.73. The molecular weight excluding hydrogens is 338 g/mol. The zero-order valence-corrected chi connectivity index (χ0v) is 15.8. The van der Waals surface area contributed by atoms with Gasteiger partial charge in [0, 0.05) is 24.1 Å². The van der Waals surface area contributed by atoms with Crippen LogP contribution in [0.2, 0.25) is 0 Å². The second kappa shape index (κ2) is 6.29. The lowest BCUT2D eigenvalue weighted by Gasteiger charge is -2.43. The summed E-state index contributed by atoms with van der Waals surface area (Å²) in [5, 5.41) is 0. The number of ether oxygens (including phenoxy) is 2. The number of aryl methyl sites for hydroxylation is 1. The Bertz CT molecular complexity index is 881. The molecular formula is C23H25NO3. The number of hydrogen-bond acceptors (Lipinski definition) is 3. The molecule has 4 nitrogen and oxygen atoms in total. The van der Waals surface area contributed by atoms with Crippen LogP contribution in [0, 0.1) is 6.92 Å².